The highest BCUT2D eigenvalue weighted by Crippen LogP contribution is 2.27. The first-order valence-electron chi connectivity index (χ1n) is 6.89. The van der Waals surface area contributed by atoms with E-state index in [1.165, 1.54) is 0 Å². The summed E-state index contributed by atoms with van der Waals surface area (Å²) in [7, 11) is 0. The van der Waals surface area contributed by atoms with Crippen molar-refractivity contribution in [3.63, 3.8) is 0 Å². The van der Waals surface area contributed by atoms with E-state index in [2.05, 4.69) is 21.5 Å². The molecular formula is C16H19N3O3. The van der Waals surface area contributed by atoms with Gasteiger partial charge in [-0.2, -0.15) is 0 Å². The third-order valence-corrected chi connectivity index (χ3v) is 2.98. The number of urea groups is 1. The van der Waals surface area contributed by atoms with E-state index >= 15 is 0 Å². The Labute approximate surface area is 128 Å². The van der Waals surface area contributed by atoms with Gasteiger partial charge in [0.15, 0.2) is 5.58 Å². The molecule has 2 amide bonds. The van der Waals surface area contributed by atoms with Crippen LogP contribution in [0.25, 0.3) is 11.1 Å². The van der Waals surface area contributed by atoms with Crippen LogP contribution in [0.1, 0.15) is 26.7 Å². The summed E-state index contributed by atoms with van der Waals surface area (Å²) in [6.07, 6.45) is 5.17. The summed E-state index contributed by atoms with van der Waals surface area (Å²) in [6.45, 7) is 5.72. The van der Waals surface area contributed by atoms with Crippen molar-refractivity contribution < 1.29 is 14.3 Å². The van der Waals surface area contributed by atoms with Gasteiger partial charge >= 0.3 is 6.03 Å². The predicted octanol–water partition coefficient (Wildman–Crippen LogP) is 2.24. The van der Waals surface area contributed by atoms with Crippen LogP contribution in [0.15, 0.2) is 22.6 Å². The summed E-state index contributed by atoms with van der Waals surface area (Å²) >= 11 is 0. The largest absolute Gasteiger partial charge is 0.440 e. The van der Waals surface area contributed by atoms with Crippen molar-refractivity contribution in [2.24, 2.45) is 0 Å². The summed E-state index contributed by atoms with van der Waals surface area (Å²) in [5.74, 6) is 2.90. The molecule has 116 valence electrons. The first kappa shape index (κ1) is 15.9. The number of aromatic nitrogens is 1. The Kier molecular flexibility index (Phi) is 4.38. The molecule has 0 spiro atoms. The van der Waals surface area contributed by atoms with Gasteiger partial charge in [0.25, 0.3) is 0 Å². The second-order valence-electron chi connectivity index (χ2n) is 5.95. The number of benzene rings is 1. The number of fused-ring (bicyclic) bond motifs is 1. The maximum absolute atomic E-state index is 11.8. The second kappa shape index (κ2) is 6.08. The molecule has 0 aliphatic rings. The Balaban J connectivity index is 2.16. The van der Waals surface area contributed by atoms with E-state index in [1.807, 2.05) is 20.8 Å². The van der Waals surface area contributed by atoms with Gasteiger partial charge in [-0.25, -0.2) is 9.78 Å². The molecule has 0 bridgehead atoms. The smallest absolute Gasteiger partial charge is 0.320 e. The number of nitrogens with zero attached hydrogens (tertiary/aromatic N) is 1. The zero-order valence-electron chi connectivity index (χ0n) is 12.8. The molecule has 1 aromatic heterocycles. The fourth-order valence-electron chi connectivity index (χ4n) is 1.79. The lowest BCUT2D eigenvalue weighted by atomic mass is 9.97. The number of amides is 2. The lowest BCUT2D eigenvalue weighted by Crippen LogP contribution is -2.39. The maximum Gasteiger partial charge on any atom is 0.320 e. The highest BCUT2D eigenvalue weighted by molar-refractivity contribution is 5.92. The Morgan fingerprint density at radius 1 is 1.50 bits per heavy atom. The Bertz CT molecular complexity index is 722. The van der Waals surface area contributed by atoms with Crippen LogP contribution in [-0.2, 0) is 5.41 Å². The zero-order valence-corrected chi connectivity index (χ0v) is 12.8. The number of aliphatic hydroxyl groups is 1. The topological polar surface area (TPSA) is 87.4 Å². The highest BCUT2D eigenvalue weighted by Gasteiger charge is 2.21. The number of hydrogen-bond acceptors (Lipinski definition) is 4. The van der Waals surface area contributed by atoms with Gasteiger partial charge in [0, 0.05) is 11.1 Å². The first-order valence-corrected chi connectivity index (χ1v) is 6.89. The predicted molar refractivity (Wildman–Crippen MR) is 84.6 cm³/mol. The molecule has 1 atom stereocenters. The number of aliphatic hydroxyl groups excluding tert-OH is 1. The molecule has 22 heavy (non-hydrogen) atoms. The van der Waals surface area contributed by atoms with E-state index in [0.717, 1.165) is 0 Å². The average Bonchev–Trinajstić information content (AvgIpc) is 2.88. The quantitative estimate of drug-likeness (QED) is 0.759. The number of anilines is 1. The summed E-state index contributed by atoms with van der Waals surface area (Å²) in [5.41, 5.74) is 1.70. The molecule has 2 rings (SSSR count). The molecule has 0 radical (unpaired) electrons. The molecular weight excluding hydrogens is 282 g/mol. The average molecular weight is 301 g/mol. The fraction of sp³-hybridized carbons (Fsp3) is 0.375. The molecule has 6 nitrogen and oxygen atoms in total. The molecule has 1 unspecified atom stereocenters. The number of nitrogens with one attached hydrogen (secondary N) is 2. The Morgan fingerprint density at radius 3 is 2.82 bits per heavy atom. The van der Waals surface area contributed by atoms with Crippen molar-refractivity contribution in [1.82, 2.24) is 10.3 Å². The van der Waals surface area contributed by atoms with E-state index in [9.17, 15) is 4.79 Å². The molecule has 1 aromatic carbocycles. The van der Waals surface area contributed by atoms with E-state index in [0.29, 0.717) is 22.7 Å². The molecule has 0 saturated heterocycles. The van der Waals surface area contributed by atoms with Crippen LogP contribution in [0.3, 0.4) is 0 Å². The molecule has 0 aliphatic heterocycles. The van der Waals surface area contributed by atoms with E-state index in [4.69, 9.17) is 15.9 Å². The van der Waals surface area contributed by atoms with Gasteiger partial charge in [-0.05, 0) is 18.2 Å². The lowest BCUT2D eigenvalue weighted by molar-refractivity contribution is 0.237. The normalized spacial score (nSPS) is 12.7. The number of hydrogen-bond donors (Lipinski definition) is 3. The molecule has 1 heterocycles. The van der Waals surface area contributed by atoms with Gasteiger partial charge in [0.1, 0.15) is 11.6 Å². The first-order chi connectivity index (χ1) is 10.3. The van der Waals surface area contributed by atoms with Crippen LogP contribution in [0.2, 0.25) is 0 Å². The Morgan fingerprint density at radius 2 is 2.23 bits per heavy atom. The molecule has 0 aliphatic carbocycles. The lowest BCUT2D eigenvalue weighted by Gasteiger charge is -2.11. The van der Waals surface area contributed by atoms with E-state index in [-0.39, 0.29) is 12.0 Å². The zero-order chi connectivity index (χ0) is 16.3. The van der Waals surface area contributed by atoms with Gasteiger partial charge in [0.05, 0.1) is 6.61 Å². The number of oxazole rings is 1. The van der Waals surface area contributed by atoms with Crippen molar-refractivity contribution in [1.29, 1.82) is 0 Å². The van der Waals surface area contributed by atoms with Crippen LogP contribution in [0.5, 0.6) is 0 Å². The van der Waals surface area contributed by atoms with Gasteiger partial charge in [-0.15, -0.1) is 6.42 Å². The SMILES string of the molecule is C#CC(CO)NC(=O)Nc1ccc2oc(C(C)(C)C)nc2c1. The van der Waals surface area contributed by atoms with Crippen molar-refractivity contribution in [3.05, 3.63) is 24.1 Å². The van der Waals surface area contributed by atoms with Crippen molar-refractivity contribution in [2.45, 2.75) is 32.2 Å². The van der Waals surface area contributed by atoms with E-state index < -0.39 is 12.1 Å². The molecule has 0 saturated carbocycles. The van der Waals surface area contributed by atoms with Gasteiger partial charge in [-0.1, -0.05) is 26.7 Å². The maximum atomic E-state index is 11.8. The molecule has 6 heteroatoms. The minimum atomic E-state index is -0.719. The van der Waals surface area contributed by atoms with Crippen LogP contribution in [0, 0.1) is 12.3 Å². The van der Waals surface area contributed by atoms with E-state index in [1.54, 1.807) is 18.2 Å². The van der Waals surface area contributed by atoms with Crippen molar-refractivity contribution >= 4 is 22.8 Å². The summed E-state index contributed by atoms with van der Waals surface area (Å²) in [6, 6.07) is 3.97. The third-order valence-electron chi connectivity index (χ3n) is 2.98. The third kappa shape index (κ3) is 3.57. The Hall–Kier alpha value is -2.52. The monoisotopic (exact) mass is 301 g/mol. The van der Waals surface area contributed by atoms with Gasteiger partial charge < -0.3 is 20.2 Å². The molecule has 3 N–H and O–H groups in total. The van der Waals surface area contributed by atoms with Gasteiger partial charge in [0.2, 0.25) is 5.89 Å². The minimum Gasteiger partial charge on any atom is -0.440 e. The number of terminal acetylenes is 1. The minimum absolute atomic E-state index is 0.189. The molecule has 0 fully saturated rings. The second-order valence-corrected chi connectivity index (χ2v) is 5.95. The number of carbonyl (C=O) groups is 1. The number of carbonyl (C=O) groups excluding carboxylic acids is 1. The standard InChI is InChI=1S/C16H19N3O3/c1-5-10(9-20)17-15(21)18-11-6-7-13-12(8-11)19-14(22-13)16(2,3)4/h1,6-8,10,20H,9H2,2-4H3,(H2,17,18,21). The van der Waals surface area contributed by atoms with Crippen molar-refractivity contribution in [3.8, 4) is 12.3 Å². The van der Waals surface area contributed by atoms with Crippen LogP contribution >= 0.6 is 0 Å². The van der Waals surface area contributed by atoms with Gasteiger partial charge in [-0.3, -0.25) is 0 Å². The number of rotatable bonds is 3. The fourth-order valence-corrected chi connectivity index (χ4v) is 1.79. The van der Waals surface area contributed by atoms with Crippen molar-refractivity contribution in [2.75, 3.05) is 11.9 Å². The highest BCUT2D eigenvalue weighted by atomic mass is 16.3. The summed E-state index contributed by atoms with van der Waals surface area (Å²) in [4.78, 5) is 16.2. The van der Waals surface area contributed by atoms with Crippen LogP contribution in [-0.4, -0.2) is 28.8 Å². The van der Waals surface area contributed by atoms with Crippen LogP contribution < -0.4 is 10.6 Å². The van der Waals surface area contributed by atoms with Crippen LogP contribution in [0.4, 0.5) is 10.5 Å². The molecule has 2 aromatic rings. The summed E-state index contributed by atoms with van der Waals surface area (Å²) in [5, 5.41) is 14.1. The summed E-state index contributed by atoms with van der Waals surface area (Å²) < 4.78 is 5.69.